The predicted octanol–water partition coefficient (Wildman–Crippen LogP) is 3.05. The van der Waals surface area contributed by atoms with Crippen LogP contribution in [0.1, 0.15) is 36.5 Å². The maximum Gasteiger partial charge on any atom is 0.110 e. The lowest BCUT2D eigenvalue weighted by Crippen LogP contribution is -2.31. The van der Waals surface area contributed by atoms with Crippen LogP contribution in [0.4, 0.5) is 0 Å². The number of likely N-dealkylation sites (N-methyl/N-ethyl adjacent to an activating group) is 1. The topological polar surface area (TPSA) is 25.4 Å². The molecule has 0 bridgehead atoms. The van der Waals surface area contributed by atoms with Crippen molar-refractivity contribution in [3.63, 3.8) is 0 Å². The van der Waals surface area contributed by atoms with Crippen molar-refractivity contribution < 1.29 is 4.74 Å². The Bertz CT molecular complexity index is 352. The van der Waals surface area contributed by atoms with Crippen LogP contribution in [0.15, 0.2) is 5.38 Å². The summed E-state index contributed by atoms with van der Waals surface area (Å²) in [6.45, 7) is 4.09. The van der Waals surface area contributed by atoms with Gasteiger partial charge < -0.3 is 4.74 Å². The van der Waals surface area contributed by atoms with Gasteiger partial charge in [0.15, 0.2) is 0 Å². The highest BCUT2D eigenvalue weighted by Gasteiger charge is 2.22. The largest absolute Gasteiger partial charge is 0.377 e. The fraction of sp³-hybridized carbons (Fsp3) is 0.750. The van der Waals surface area contributed by atoms with Crippen molar-refractivity contribution >= 4 is 22.9 Å². The van der Waals surface area contributed by atoms with E-state index < -0.39 is 0 Å². The lowest BCUT2D eigenvalue weighted by Gasteiger charge is -2.25. The molecule has 2 heterocycles. The van der Waals surface area contributed by atoms with Gasteiger partial charge in [0.25, 0.3) is 0 Å². The molecule has 2 rings (SSSR count). The summed E-state index contributed by atoms with van der Waals surface area (Å²) in [5, 5.41) is 3.18. The third-order valence-electron chi connectivity index (χ3n) is 3.24. The minimum atomic E-state index is 0.334. The molecule has 5 heteroatoms. The van der Waals surface area contributed by atoms with E-state index in [-0.39, 0.29) is 0 Å². The van der Waals surface area contributed by atoms with E-state index in [0.717, 1.165) is 23.9 Å². The second-order valence-electron chi connectivity index (χ2n) is 4.56. The van der Waals surface area contributed by atoms with Crippen molar-refractivity contribution in [2.45, 2.75) is 37.8 Å². The van der Waals surface area contributed by atoms with Gasteiger partial charge in [0.2, 0.25) is 0 Å². The predicted molar refractivity (Wildman–Crippen MR) is 71.7 cm³/mol. The summed E-state index contributed by atoms with van der Waals surface area (Å²) < 4.78 is 5.66. The first-order valence-corrected chi connectivity index (χ1v) is 7.44. The first-order chi connectivity index (χ1) is 8.20. The van der Waals surface area contributed by atoms with E-state index in [0.29, 0.717) is 18.0 Å². The molecule has 1 fully saturated rings. The minimum absolute atomic E-state index is 0.334. The van der Waals surface area contributed by atoms with Crippen molar-refractivity contribution in [3.05, 3.63) is 16.1 Å². The van der Waals surface area contributed by atoms with Gasteiger partial charge in [-0.1, -0.05) is 0 Å². The monoisotopic (exact) mass is 274 g/mol. The highest BCUT2D eigenvalue weighted by Crippen LogP contribution is 2.24. The molecule has 0 radical (unpaired) electrons. The van der Waals surface area contributed by atoms with Gasteiger partial charge in [-0.3, -0.25) is 4.90 Å². The van der Waals surface area contributed by atoms with Crippen molar-refractivity contribution in [2.24, 2.45) is 0 Å². The Kier molecular flexibility index (Phi) is 4.79. The first kappa shape index (κ1) is 13.3. The fourth-order valence-electron chi connectivity index (χ4n) is 2.03. The van der Waals surface area contributed by atoms with Crippen LogP contribution in [0.3, 0.4) is 0 Å². The summed E-state index contributed by atoms with van der Waals surface area (Å²) in [6, 6.07) is 0.334. The van der Waals surface area contributed by atoms with Crippen LogP contribution in [0.2, 0.25) is 0 Å². The third kappa shape index (κ3) is 3.41. The lowest BCUT2D eigenvalue weighted by molar-refractivity contribution is 0.0703. The molecule has 2 atom stereocenters. The van der Waals surface area contributed by atoms with Gasteiger partial charge >= 0.3 is 0 Å². The molecule has 1 saturated heterocycles. The molecule has 2 unspecified atom stereocenters. The van der Waals surface area contributed by atoms with Gasteiger partial charge in [-0.15, -0.1) is 22.9 Å². The number of alkyl halides is 1. The van der Waals surface area contributed by atoms with Gasteiger partial charge in [0.1, 0.15) is 5.01 Å². The summed E-state index contributed by atoms with van der Waals surface area (Å²) in [6.07, 6.45) is 2.78. The number of thiazole rings is 1. The molecule has 0 saturated carbocycles. The Hall–Kier alpha value is -0.160. The highest BCUT2D eigenvalue weighted by atomic mass is 35.5. The first-order valence-electron chi connectivity index (χ1n) is 6.03. The quantitative estimate of drug-likeness (QED) is 0.772. The van der Waals surface area contributed by atoms with E-state index >= 15 is 0 Å². The smallest absolute Gasteiger partial charge is 0.110 e. The average Bonchev–Trinajstić information content (AvgIpc) is 2.98. The third-order valence-corrected chi connectivity index (χ3v) is 4.58. The zero-order valence-electron chi connectivity index (χ0n) is 10.4. The number of halogens is 1. The number of ether oxygens (including phenoxy) is 1. The van der Waals surface area contributed by atoms with Gasteiger partial charge in [-0.25, -0.2) is 4.98 Å². The fourth-order valence-corrected chi connectivity index (χ4v) is 3.20. The van der Waals surface area contributed by atoms with Gasteiger partial charge in [0.05, 0.1) is 23.7 Å². The van der Waals surface area contributed by atoms with Crippen LogP contribution < -0.4 is 0 Å². The SMILES string of the molecule is CC(c1nc(CCl)cs1)N(C)CC1CCCO1. The zero-order valence-corrected chi connectivity index (χ0v) is 11.9. The number of rotatable bonds is 5. The molecule has 96 valence electrons. The van der Waals surface area contributed by atoms with E-state index in [1.54, 1.807) is 11.3 Å². The van der Waals surface area contributed by atoms with Crippen LogP contribution in [0.25, 0.3) is 0 Å². The molecule has 1 aliphatic rings. The van der Waals surface area contributed by atoms with Crippen LogP contribution in [-0.2, 0) is 10.6 Å². The summed E-state index contributed by atoms with van der Waals surface area (Å²) in [7, 11) is 2.13. The second-order valence-corrected chi connectivity index (χ2v) is 5.72. The van der Waals surface area contributed by atoms with Crippen molar-refractivity contribution in [2.75, 3.05) is 20.2 Å². The van der Waals surface area contributed by atoms with Gasteiger partial charge in [-0.05, 0) is 26.8 Å². The van der Waals surface area contributed by atoms with Crippen LogP contribution in [0.5, 0.6) is 0 Å². The summed E-state index contributed by atoms with van der Waals surface area (Å²) in [5.74, 6) is 0.499. The van der Waals surface area contributed by atoms with E-state index in [2.05, 4.69) is 23.9 Å². The molecule has 17 heavy (non-hydrogen) atoms. The highest BCUT2D eigenvalue weighted by molar-refractivity contribution is 7.09. The van der Waals surface area contributed by atoms with Crippen LogP contribution in [0, 0.1) is 0 Å². The molecule has 1 aliphatic heterocycles. The molecule has 0 aromatic carbocycles. The molecule has 0 aliphatic carbocycles. The Morgan fingerprint density at radius 1 is 1.71 bits per heavy atom. The Morgan fingerprint density at radius 2 is 2.53 bits per heavy atom. The van der Waals surface area contributed by atoms with Gasteiger partial charge in [-0.2, -0.15) is 0 Å². The minimum Gasteiger partial charge on any atom is -0.377 e. The Morgan fingerprint density at radius 3 is 3.12 bits per heavy atom. The number of aromatic nitrogens is 1. The van der Waals surface area contributed by atoms with Crippen molar-refractivity contribution in [1.82, 2.24) is 9.88 Å². The zero-order chi connectivity index (χ0) is 12.3. The van der Waals surface area contributed by atoms with E-state index in [4.69, 9.17) is 16.3 Å². The molecule has 0 N–H and O–H groups in total. The maximum atomic E-state index is 5.77. The normalized spacial score (nSPS) is 22.2. The van der Waals surface area contributed by atoms with E-state index in [1.165, 1.54) is 12.8 Å². The molecular formula is C12H19ClN2OS. The molecule has 1 aromatic heterocycles. The van der Waals surface area contributed by atoms with Gasteiger partial charge in [0, 0.05) is 18.5 Å². The Balaban J connectivity index is 1.91. The number of hydrogen-bond acceptors (Lipinski definition) is 4. The molecule has 0 spiro atoms. The summed E-state index contributed by atoms with van der Waals surface area (Å²) in [5.41, 5.74) is 0.976. The van der Waals surface area contributed by atoms with Crippen molar-refractivity contribution in [1.29, 1.82) is 0 Å². The summed E-state index contributed by atoms with van der Waals surface area (Å²) >= 11 is 7.46. The van der Waals surface area contributed by atoms with Crippen LogP contribution >= 0.6 is 22.9 Å². The standard InChI is InChI=1S/C12H19ClN2OS/c1-9(12-14-10(6-13)8-17-12)15(2)7-11-4-3-5-16-11/h8-9,11H,3-7H2,1-2H3. The molecular weight excluding hydrogens is 256 g/mol. The van der Waals surface area contributed by atoms with E-state index in [9.17, 15) is 0 Å². The maximum absolute atomic E-state index is 5.77. The Labute approximate surface area is 112 Å². The number of hydrogen-bond donors (Lipinski definition) is 0. The molecule has 3 nitrogen and oxygen atoms in total. The van der Waals surface area contributed by atoms with Crippen molar-refractivity contribution in [3.8, 4) is 0 Å². The second kappa shape index (κ2) is 6.14. The van der Waals surface area contributed by atoms with E-state index in [1.807, 2.05) is 5.38 Å². The molecule has 1 aromatic rings. The summed E-state index contributed by atoms with van der Waals surface area (Å²) in [4.78, 5) is 6.84. The number of nitrogens with zero attached hydrogens (tertiary/aromatic N) is 2. The lowest BCUT2D eigenvalue weighted by atomic mass is 10.2. The van der Waals surface area contributed by atoms with Crippen LogP contribution in [-0.4, -0.2) is 36.2 Å². The molecule has 0 amide bonds. The average molecular weight is 275 g/mol.